The smallest absolute Gasteiger partial charge is 0.317 e. The molecular weight excluding hydrogens is 364 g/mol. The number of nitro groups is 3. The number of nitro benzene ring substituents is 3. The monoisotopic (exact) mass is 376 g/mol. The van der Waals surface area contributed by atoms with Gasteiger partial charge in [0.25, 0.3) is 17.3 Å². The highest BCUT2D eigenvalue weighted by atomic mass is 16.6. The molecule has 2 rings (SSSR count). The zero-order valence-electron chi connectivity index (χ0n) is 13.8. The molecule has 1 N–H and O–H groups in total. The zero-order chi connectivity index (χ0) is 20.1. The van der Waals surface area contributed by atoms with Gasteiger partial charge in [-0.3, -0.25) is 35.1 Å². The van der Waals surface area contributed by atoms with Crippen LogP contribution in [0.15, 0.2) is 36.4 Å². The third kappa shape index (κ3) is 4.50. The van der Waals surface area contributed by atoms with E-state index in [4.69, 9.17) is 4.74 Å². The molecule has 27 heavy (non-hydrogen) atoms. The standard InChI is InChI=1S/C15H12N4O8/c1-9-11(3-2-4-12(9)18(23)24)16-15(20)8-27-14-6-5-10(17(21)22)7-13(14)19(25)26/h2-7H,8H2,1H3,(H,16,20). The Kier molecular flexibility index (Phi) is 5.60. The lowest BCUT2D eigenvalue weighted by Crippen LogP contribution is -2.21. The maximum absolute atomic E-state index is 12.0. The Balaban J connectivity index is 2.12. The predicted molar refractivity (Wildman–Crippen MR) is 91.7 cm³/mol. The van der Waals surface area contributed by atoms with E-state index in [0.29, 0.717) is 0 Å². The van der Waals surface area contributed by atoms with Crippen LogP contribution in [0.4, 0.5) is 22.7 Å². The van der Waals surface area contributed by atoms with Crippen molar-refractivity contribution in [3.63, 3.8) is 0 Å². The third-order valence-electron chi connectivity index (χ3n) is 3.48. The molecule has 0 saturated heterocycles. The van der Waals surface area contributed by atoms with Crippen LogP contribution in [0, 0.1) is 37.3 Å². The van der Waals surface area contributed by atoms with Crippen molar-refractivity contribution in [3.8, 4) is 5.75 Å². The molecule has 2 aromatic rings. The van der Waals surface area contributed by atoms with Crippen molar-refractivity contribution in [1.29, 1.82) is 0 Å². The molecule has 2 aromatic carbocycles. The second-order valence-electron chi connectivity index (χ2n) is 5.21. The molecule has 1 amide bonds. The van der Waals surface area contributed by atoms with Crippen molar-refractivity contribution in [3.05, 3.63) is 72.3 Å². The van der Waals surface area contributed by atoms with Crippen LogP contribution in [0.3, 0.4) is 0 Å². The van der Waals surface area contributed by atoms with Crippen LogP contribution in [0.1, 0.15) is 5.56 Å². The predicted octanol–water partition coefficient (Wildman–Crippen LogP) is 2.74. The number of nitrogens with zero attached hydrogens (tertiary/aromatic N) is 3. The molecule has 0 radical (unpaired) electrons. The first kappa shape index (κ1) is 19.2. The van der Waals surface area contributed by atoms with Gasteiger partial charge in [-0.15, -0.1) is 0 Å². The highest BCUT2D eigenvalue weighted by molar-refractivity contribution is 5.93. The molecule has 0 atom stereocenters. The van der Waals surface area contributed by atoms with Crippen LogP contribution in [-0.2, 0) is 4.79 Å². The first-order valence-corrected chi connectivity index (χ1v) is 7.30. The molecule has 0 saturated carbocycles. The van der Waals surface area contributed by atoms with E-state index in [9.17, 15) is 35.1 Å². The van der Waals surface area contributed by atoms with Gasteiger partial charge in [-0.25, -0.2) is 0 Å². The van der Waals surface area contributed by atoms with Gasteiger partial charge in [-0.1, -0.05) is 6.07 Å². The number of benzene rings is 2. The minimum atomic E-state index is -0.870. The lowest BCUT2D eigenvalue weighted by molar-refractivity contribution is -0.394. The number of rotatable bonds is 7. The summed E-state index contributed by atoms with van der Waals surface area (Å²) in [6, 6.07) is 6.87. The highest BCUT2D eigenvalue weighted by Crippen LogP contribution is 2.31. The largest absolute Gasteiger partial charge is 0.477 e. The normalized spacial score (nSPS) is 10.1. The van der Waals surface area contributed by atoms with Gasteiger partial charge in [-0.05, 0) is 19.1 Å². The van der Waals surface area contributed by atoms with Crippen LogP contribution < -0.4 is 10.1 Å². The number of non-ortho nitro benzene ring substituents is 1. The summed E-state index contributed by atoms with van der Waals surface area (Å²) in [6.07, 6.45) is 0. The van der Waals surface area contributed by atoms with Gasteiger partial charge >= 0.3 is 5.69 Å². The molecule has 12 nitrogen and oxygen atoms in total. The number of carbonyl (C=O) groups is 1. The number of hydrogen-bond acceptors (Lipinski definition) is 8. The van der Waals surface area contributed by atoms with Crippen molar-refractivity contribution in [2.45, 2.75) is 6.92 Å². The van der Waals surface area contributed by atoms with Gasteiger partial charge in [0.15, 0.2) is 12.4 Å². The molecule has 0 spiro atoms. The molecule has 12 heteroatoms. The van der Waals surface area contributed by atoms with Gasteiger partial charge in [0, 0.05) is 12.1 Å². The second-order valence-corrected chi connectivity index (χ2v) is 5.21. The summed E-state index contributed by atoms with van der Waals surface area (Å²) >= 11 is 0. The first-order chi connectivity index (χ1) is 12.7. The van der Waals surface area contributed by atoms with Crippen molar-refractivity contribution in [2.75, 3.05) is 11.9 Å². The number of amides is 1. The molecule has 0 aliphatic rings. The van der Waals surface area contributed by atoms with Gasteiger partial charge in [0.05, 0.1) is 32.1 Å². The van der Waals surface area contributed by atoms with E-state index in [0.717, 1.165) is 18.2 Å². The average Bonchev–Trinajstić information content (AvgIpc) is 2.61. The van der Waals surface area contributed by atoms with Crippen LogP contribution in [0.25, 0.3) is 0 Å². The molecular formula is C15H12N4O8. The second kappa shape index (κ2) is 7.86. The summed E-state index contributed by atoms with van der Waals surface area (Å²) in [4.78, 5) is 42.3. The fraction of sp³-hybridized carbons (Fsp3) is 0.133. The molecule has 0 aliphatic heterocycles. The van der Waals surface area contributed by atoms with Crippen LogP contribution in [-0.4, -0.2) is 27.3 Å². The highest BCUT2D eigenvalue weighted by Gasteiger charge is 2.21. The van der Waals surface area contributed by atoms with Crippen molar-refractivity contribution >= 4 is 28.7 Å². The van der Waals surface area contributed by atoms with E-state index in [2.05, 4.69) is 5.32 Å². The summed E-state index contributed by atoms with van der Waals surface area (Å²) in [5.41, 5.74) is -0.915. The molecule has 0 aliphatic carbocycles. The summed E-state index contributed by atoms with van der Waals surface area (Å²) in [6.45, 7) is 0.816. The number of anilines is 1. The lowest BCUT2D eigenvalue weighted by atomic mass is 10.1. The number of ether oxygens (including phenoxy) is 1. The Labute approximate surface area is 150 Å². The van der Waals surface area contributed by atoms with Crippen LogP contribution in [0.2, 0.25) is 0 Å². The number of carbonyl (C=O) groups excluding carboxylic acids is 1. The fourth-order valence-electron chi connectivity index (χ4n) is 2.17. The first-order valence-electron chi connectivity index (χ1n) is 7.30. The SMILES string of the molecule is Cc1c(NC(=O)COc2ccc([N+](=O)[O-])cc2[N+](=O)[O-])cccc1[N+](=O)[O-]. The molecule has 0 fully saturated rings. The molecule has 0 heterocycles. The van der Waals surface area contributed by atoms with Crippen molar-refractivity contribution < 1.29 is 24.3 Å². The van der Waals surface area contributed by atoms with E-state index in [1.807, 2.05) is 0 Å². The Morgan fingerprint density at radius 3 is 2.26 bits per heavy atom. The van der Waals surface area contributed by atoms with E-state index in [-0.39, 0.29) is 22.7 Å². The Bertz CT molecular complexity index is 943. The van der Waals surface area contributed by atoms with Gasteiger partial charge in [0.1, 0.15) is 0 Å². The van der Waals surface area contributed by atoms with Gasteiger partial charge < -0.3 is 10.1 Å². The molecule has 0 bridgehead atoms. The summed E-state index contributed by atoms with van der Waals surface area (Å²) in [5, 5.41) is 35.0. The topological polar surface area (TPSA) is 168 Å². The van der Waals surface area contributed by atoms with E-state index < -0.39 is 38.7 Å². The Morgan fingerprint density at radius 2 is 1.67 bits per heavy atom. The van der Waals surface area contributed by atoms with Crippen molar-refractivity contribution in [1.82, 2.24) is 0 Å². The molecule has 0 aromatic heterocycles. The van der Waals surface area contributed by atoms with E-state index in [1.165, 1.54) is 25.1 Å². The minimum Gasteiger partial charge on any atom is -0.477 e. The van der Waals surface area contributed by atoms with Crippen LogP contribution in [0.5, 0.6) is 5.75 Å². The number of nitrogens with one attached hydrogen (secondary N) is 1. The van der Waals surface area contributed by atoms with E-state index in [1.54, 1.807) is 0 Å². The van der Waals surface area contributed by atoms with E-state index >= 15 is 0 Å². The minimum absolute atomic E-state index is 0.181. The Morgan fingerprint density at radius 1 is 1.00 bits per heavy atom. The summed E-state index contributed by atoms with van der Waals surface area (Å²) < 4.78 is 5.07. The van der Waals surface area contributed by atoms with Gasteiger partial charge in [-0.2, -0.15) is 0 Å². The zero-order valence-corrected chi connectivity index (χ0v) is 13.8. The molecule has 140 valence electrons. The average molecular weight is 376 g/mol. The maximum atomic E-state index is 12.0. The quantitative estimate of drug-likeness (QED) is 0.568. The van der Waals surface area contributed by atoms with Crippen molar-refractivity contribution in [2.24, 2.45) is 0 Å². The fourth-order valence-corrected chi connectivity index (χ4v) is 2.17. The van der Waals surface area contributed by atoms with Gasteiger partial charge in [0.2, 0.25) is 0 Å². The molecule has 0 unspecified atom stereocenters. The maximum Gasteiger partial charge on any atom is 0.317 e. The third-order valence-corrected chi connectivity index (χ3v) is 3.48. The lowest BCUT2D eigenvalue weighted by Gasteiger charge is -2.10. The number of hydrogen-bond donors (Lipinski definition) is 1. The summed E-state index contributed by atoms with van der Waals surface area (Å²) in [7, 11) is 0. The van der Waals surface area contributed by atoms with Crippen LogP contribution >= 0.6 is 0 Å². The summed E-state index contributed by atoms with van der Waals surface area (Å²) in [5.74, 6) is -1.04. The Hall–Kier alpha value is -4.09.